The number of nitrogens with zero attached hydrogens (tertiary/aromatic N) is 2. The van der Waals surface area contributed by atoms with Gasteiger partial charge in [0.05, 0.1) is 25.3 Å². The number of fused-ring (bicyclic) bond motifs is 1. The van der Waals surface area contributed by atoms with Crippen molar-refractivity contribution in [2.75, 3.05) is 40.5 Å². The van der Waals surface area contributed by atoms with Crippen LogP contribution in [0.3, 0.4) is 0 Å². The molecule has 0 bridgehead atoms. The molecule has 0 aliphatic carbocycles. The van der Waals surface area contributed by atoms with Gasteiger partial charge in [0.25, 0.3) is 0 Å². The highest BCUT2D eigenvalue weighted by Crippen LogP contribution is 2.33. The van der Waals surface area contributed by atoms with Crippen LogP contribution < -0.4 is 9.47 Å². The van der Waals surface area contributed by atoms with Crippen LogP contribution >= 0.6 is 0 Å². The lowest BCUT2D eigenvalue weighted by Gasteiger charge is -2.18. The third kappa shape index (κ3) is 4.21. The van der Waals surface area contributed by atoms with Crippen molar-refractivity contribution in [2.24, 2.45) is 11.1 Å². The van der Waals surface area contributed by atoms with Gasteiger partial charge in [-0.1, -0.05) is 29.4 Å². The number of rotatable bonds is 8. The average molecular weight is 400 g/mol. The quantitative estimate of drug-likeness (QED) is 0.638. The molecule has 0 N–H and O–H groups in total. The molecule has 0 amide bonds. The molecule has 0 unspecified atom stereocenters. The predicted octanol–water partition coefficient (Wildman–Crippen LogP) is 3.09. The van der Waals surface area contributed by atoms with Crippen LogP contribution in [0.15, 0.2) is 47.6 Å². The van der Waals surface area contributed by atoms with Gasteiger partial charge in [0, 0.05) is 32.3 Å². The molecule has 0 radical (unpaired) electrons. The molecule has 154 valence electrons. The zero-order chi connectivity index (χ0) is 20.2. The van der Waals surface area contributed by atoms with Gasteiger partial charge in [-0.25, -0.2) is 4.39 Å². The summed E-state index contributed by atoms with van der Waals surface area (Å²) in [6, 6.07) is 12.7. The lowest BCUT2D eigenvalue weighted by Crippen LogP contribution is -2.23. The molecule has 0 saturated carbocycles. The molecule has 2 aliphatic rings. The van der Waals surface area contributed by atoms with Crippen LogP contribution in [0.2, 0.25) is 0 Å². The molecule has 2 heterocycles. The molecule has 7 heteroatoms. The van der Waals surface area contributed by atoms with E-state index in [0.29, 0.717) is 36.0 Å². The number of benzene rings is 2. The molecule has 0 spiro atoms. The number of hydrogen-bond acceptors (Lipinski definition) is 6. The Morgan fingerprint density at radius 2 is 1.97 bits per heavy atom. The van der Waals surface area contributed by atoms with E-state index in [1.54, 1.807) is 26.4 Å². The second kappa shape index (κ2) is 8.80. The van der Waals surface area contributed by atoms with Crippen LogP contribution in [-0.2, 0) is 16.1 Å². The minimum absolute atomic E-state index is 0.0387. The van der Waals surface area contributed by atoms with E-state index >= 15 is 0 Å². The molecule has 0 aromatic heterocycles. The summed E-state index contributed by atoms with van der Waals surface area (Å²) in [5.74, 6) is 1.21. The lowest BCUT2D eigenvalue weighted by atomic mass is 9.94. The van der Waals surface area contributed by atoms with E-state index in [1.807, 2.05) is 24.3 Å². The number of oxime groups is 1. The summed E-state index contributed by atoms with van der Waals surface area (Å²) in [4.78, 5) is 7.91. The second-order valence-electron chi connectivity index (χ2n) is 7.23. The maximum atomic E-state index is 14.2. The van der Waals surface area contributed by atoms with Crippen LogP contribution in [0.1, 0.15) is 11.1 Å². The van der Waals surface area contributed by atoms with Gasteiger partial charge in [0.2, 0.25) is 0 Å². The summed E-state index contributed by atoms with van der Waals surface area (Å²) in [7, 11) is 3.27. The Bertz CT molecular complexity index is 889. The van der Waals surface area contributed by atoms with Gasteiger partial charge in [0.15, 0.2) is 11.5 Å². The summed E-state index contributed by atoms with van der Waals surface area (Å²) in [5, 5.41) is 4.17. The molecule has 2 aliphatic heterocycles. The van der Waals surface area contributed by atoms with Crippen molar-refractivity contribution in [3.05, 3.63) is 59.4 Å². The Morgan fingerprint density at radius 3 is 2.76 bits per heavy atom. The molecule has 29 heavy (non-hydrogen) atoms. The zero-order valence-electron chi connectivity index (χ0n) is 16.6. The van der Waals surface area contributed by atoms with E-state index < -0.39 is 0 Å². The molecular weight excluding hydrogens is 375 g/mol. The van der Waals surface area contributed by atoms with Crippen molar-refractivity contribution in [3.8, 4) is 11.5 Å². The van der Waals surface area contributed by atoms with E-state index in [2.05, 4.69) is 10.1 Å². The minimum atomic E-state index is -0.261. The largest absolute Gasteiger partial charge is 0.493 e. The predicted molar refractivity (Wildman–Crippen MR) is 107 cm³/mol. The Morgan fingerprint density at radius 1 is 1.10 bits per heavy atom. The average Bonchev–Trinajstić information content (AvgIpc) is 3.30. The molecule has 2 aromatic carbocycles. The number of methoxy groups -OCH3 is 2. The third-order valence-electron chi connectivity index (χ3n) is 5.31. The van der Waals surface area contributed by atoms with Crippen LogP contribution in [0.5, 0.6) is 11.5 Å². The molecule has 2 atom stereocenters. The first-order valence-corrected chi connectivity index (χ1v) is 9.69. The molecular formula is C22H25FN2O4. The lowest BCUT2D eigenvalue weighted by molar-refractivity contribution is 0.0745. The van der Waals surface area contributed by atoms with E-state index in [4.69, 9.17) is 19.0 Å². The molecule has 2 aromatic rings. The van der Waals surface area contributed by atoms with Gasteiger partial charge in [0.1, 0.15) is 18.5 Å². The summed E-state index contributed by atoms with van der Waals surface area (Å²) < 4.78 is 30.4. The number of halogens is 1. The van der Waals surface area contributed by atoms with E-state index in [9.17, 15) is 4.39 Å². The van der Waals surface area contributed by atoms with Crippen molar-refractivity contribution >= 4 is 5.71 Å². The van der Waals surface area contributed by atoms with Gasteiger partial charge in [-0.05, 0) is 23.8 Å². The molecule has 6 nitrogen and oxygen atoms in total. The Hall–Kier alpha value is -2.64. The monoisotopic (exact) mass is 400 g/mol. The van der Waals surface area contributed by atoms with Gasteiger partial charge in [-0.15, -0.1) is 0 Å². The van der Waals surface area contributed by atoms with Crippen molar-refractivity contribution in [2.45, 2.75) is 12.6 Å². The fourth-order valence-electron chi connectivity index (χ4n) is 3.88. The molecule has 1 fully saturated rings. The van der Waals surface area contributed by atoms with E-state index in [1.165, 1.54) is 6.07 Å². The van der Waals surface area contributed by atoms with Gasteiger partial charge in [-0.3, -0.25) is 4.90 Å². The van der Waals surface area contributed by atoms with Crippen molar-refractivity contribution in [1.29, 1.82) is 0 Å². The number of likely N-dealkylation sites (tertiary alicyclic amines) is 1. The summed E-state index contributed by atoms with van der Waals surface area (Å²) in [6.45, 7) is 3.26. The molecule has 1 saturated heterocycles. The minimum Gasteiger partial charge on any atom is -0.493 e. The van der Waals surface area contributed by atoms with Gasteiger partial charge in [-0.2, -0.15) is 0 Å². The number of ether oxygens (including phenoxy) is 3. The SMILES string of the molecule is COCCOc1ccc(CN2C[C@@H]3ON=C(c4ccccc4F)[C@@H]3C2)cc1OC. The zero-order valence-corrected chi connectivity index (χ0v) is 16.6. The fourth-order valence-corrected chi connectivity index (χ4v) is 3.88. The second-order valence-corrected chi connectivity index (χ2v) is 7.23. The van der Waals surface area contributed by atoms with Crippen LogP contribution in [0.25, 0.3) is 0 Å². The highest BCUT2D eigenvalue weighted by molar-refractivity contribution is 6.03. The summed E-state index contributed by atoms with van der Waals surface area (Å²) in [6.07, 6.45) is -0.0387. The molecule has 4 rings (SSSR count). The van der Waals surface area contributed by atoms with E-state index in [0.717, 1.165) is 25.2 Å². The number of hydrogen-bond donors (Lipinski definition) is 0. The van der Waals surface area contributed by atoms with E-state index in [-0.39, 0.29) is 17.8 Å². The highest BCUT2D eigenvalue weighted by atomic mass is 19.1. The smallest absolute Gasteiger partial charge is 0.161 e. The van der Waals surface area contributed by atoms with Gasteiger partial charge >= 0.3 is 0 Å². The van der Waals surface area contributed by atoms with Crippen molar-refractivity contribution in [1.82, 2.24) is 4.90 Å². The van der Waals surface area contributed by atoms with Crippen molar-refractivity contribution < 1.29 is 23.4 Å². The Balaban J connectivity index is 1.42. The standard InChI is InChI=1S/C22H25FN2O4/c1-26-9-10-28-19-8-7-15(11-20(19)27-2)12-25-13-17-21(14-25)29-24-22(17)16-5-3-4-6-18(16)23/h3-8,11,17,21H,9-10,12-14H2,1-2H3/t17-,21+/m1/s1. The first kappa shape index (κ1) is 19.7. The van der Waals surface area contributed by atoms with Crippen LogP contribution in [0, 0.1) is 11.7 Å². The summed E-state index contributed by atoms with van der Waals surface area (Å²) >= 11 is 0. The maximum Gasteiger partial charge on any atom is 0.161 e. The van der Waals surface area contributed by atoms with Crippen LogP contribution in [0.4, 0.5) is 4.39 Å². The first-order valence-electron chi connectivity index (χ1n) is 9.69. The summed E-state index contributed by atoms with van der Waals surface area (Å²) in [5.41, 5.74) is 2.35. The third-order valence-corrected chi connectivity index (χ3v) is 5.31. The Labute approximate surface area is 169 Å². The highest BCUT2D eigenvalue weighted by Gasteiger charge is 2.43. The maximum absolute atomic E-state index is 14.2. The van der Waals surface area contributed by atoms with Crippen LogP contribution in [-0.4, -0.2) is 57.2 Å². The fraction of sp³-hybridized carbons (Fsp3) is 0.409. The first-order chi connectivity index (χ1) is 14.2. The topological polar surface area (TPSA) is 52.5 Å². The van der Waals surface area contributed by atoms with Gasteiger partial charge < -0.3 is 19.0 Å². The Kier molecular flexibility index (Phi) is 5.97. The van der Waals surface area contributed by atoms with Crippen molar-refractivity contribution in [3.63, 3.8) is 0 Å². The normalized spacial score (nSPS) is 20.9.